The standard InChI is InChI=1S/C22H27NO4/c1-4-13-27-18-11-5-15(6-12-18)19-14-23(2)21(20(19)22(24)25)16-7-9-17(26-3)10-8-16/h5-12,19-21H,4,13-14H2,1-3H3,(H,24,25). The number of methoxy groups -OCH3 is 1. The van der Waals surface area contributed by atoms with Crippen molar-refractivity contribution in [2.75, 3.05) is 27.3 Å². The molecule has 2 aromatic carbocycles. The second kappa shape index (κ2) is 8.44. The highest BCUT2D eigenvalue weighted by Gasteiger charge is 2.45. The normalized spacial score (nSPS) is 22.6. The molecule has 0 bridgehead atoms. The number of hydrogen-bond donors (Lipinski definition) is 1. The SMILES string of the molecule is CCCOc1ccc(C2CN(C)C(c3ccc(OC)cc3)C2C(=O)O)cc1. The zero-order valence-electron chi connectivity index (χ0n) is 16.1. The van der Waals surface area contributed by atoms with E-state index < -0.39 is 11.9 Å². The predicted octanol–water partition coefficient (Wildman–Crippen LogP) is 3.96. The van der Waals surface area contributed by atoms with Gasteiger partial charge in [0, 0.05) is 18.5 Å². The van der Waals surface area contributed by atoms with Crippen LogP contribution in [-0.4, -0.2) is 43.3 Å². The molecule has 2 aromatic rings. The molecular weight excluding hydrogens is 342 g/mol. The Labute approximate surface area is 160 Å². The van der Waals surface area contributed by atoms with E-state index in [4.69, 9.17) is 9.47 Å². The Balaban J connectivity index is 1.86. The highest BCUT2D eigenvalue weighted by atomic mass is 16.5. The summed E-state index contributed by atoms with van der Waals surface area (Å²) >= 11 is 0. The molecule has 0 radical (unpaired) electrons. The molecule has 0 spiro atoms. The van der Waals surface area contributed by atoms with Gasteiger partial charge in [-0.3, -0.25) is 9.69 Å². The summed E-state index contributed by atoms with van der Waals surface area (Å²) in [5.41, 5.74) is 2.03. The van der Waals surface area contributed by atoms with Gasteiger partial charge in [-0.2, -0.15) is 0 Å². The summed E-state index contributed by atoms with van der Waals surface area (Å²) in [6.45, 7) is 3.45. The molecule has 0 saturated carbocycles. The Hall–Kier alpha value is -2.53. The van der Waals surface area contributed by atoms with Crippen molar-refractivity contribution in [2.45, 2.75) is 25.3 Å². The van der Waals surface area contributed by atoms with Crippen LogP contribution in [0.25, 0.3) is 0 Å². The lowest BCUT2D eigenvalue weighted by Crippen LogP contribution is -2.26. The number of carbonyl (C=O) groups is 1. The number of ether oxygens (including phenoxy) is 2. The molecule has 144 valence electrons. The summed E-state index contributed by atoms with van der Waals surface area (Å²) in [4.78, 5) is 14.3. The number of likely N-dealkylation sites (N-methyl/N-ethyl adjacent to an activating group) is 1. The molecule has 5 nitrogen and oxygen atoms in total. The van der Waals surface area contributed by atoms with Crippen molar-refractivity contribution in [2.24, 2.45) is 5.92 Å². The molecule has 1 saturated heterocycles. The van der Waals surface area contributed by atoms with Crippen LogP contribution in [0.5, 0.6) is 11.5 Å². The van der Waals surface area contributed by atoms with Crippen LogP contribution < -0.4 is 9.47 Å². The van der Waals surface area contributed by atoms with Crippen molar-refractivity contribution in [3.05, 3.63) is 59.7 Å². The minimum atomic E-state index is -0.767. The van der Waals surface area contributed by atoms with Crippen LogP contribution in [-0.2, 0) is 4.79 Å². The molecule has 1 N–H and O–H groups in total. The number of rotatable bonds is 7. The van der Waals surface area contributed by atoms with Gasteiger partial charge in [0.15, 0.2) is 0 Å². The van der Waals surface area contributed by atoms with Crippen molar-refractivity contribution < 1.29 is 19.4 Å². The fourth-order valence-corrected chi connectivity index (χ4v) is 3.95. The number of carboxylic acids is 1. The van der Waals surface area contributed by atoms with E-state index in [1.807, 2.05) is 55.6 Å². The number of carboxylic acid groups (broad SMARTS) is 1. The molecule has 5 heteroatoms. The highest BCUT2D eigenvalue weighted by molar-refractivity contribution is 5.73. The molecule has 1 aliphatic rings. The lowest BCUT2D eigenvalue weighted by Gasteiger charge is -2.24. The summed E-state index contributed by atoms with van der Waals surface area (Å²) in [5, 5.41) is 9.99. The van der Waals surface area contributed by atoms with Gasteiger partial charge in [-0.05, 0) is 48.9 Å². The van der Waals surface area contributed by atoms with E-state index in [1.54, 1.807) is 7.11 Å². The Morgan fingerprint density at radius 3 is 2.22 bits per heavy atom. The Morgan fingerprint density at radius 1 is 1.07 bits per heavy atom. The summed E-state index contributed by atoms with van der Waals surface area (Å²) in [5.74, 6) is 0.248. The Kier molecular flexibility index (Phi) is 6.01. The van der Waals surface area contributed by atoms with Crippen molar-refractivity contribution in [1.82, 2.24) is 4.90 Å². The van der Waals surface area contributed by atoms with Gasteiger partial charge < -0.3 is 14.6 Å². The van der Waals surface area contributed by atoms with E-state index in [0.717, 1.165) is 29.0 Å². The molecule has 3 atom stereocenters. The van der Waals surface area contributed by atoms with Crippen molar-refractivity contribution >= 4 is 5.97 Å². The van der Waals surface area contributed by atoms with Crippen LogP contribution in [0.2, 0.25) is 0 Å². The molecule has 1 fully saturated rings. The molecule has 0 aliphatic carbocycles. The third kappa shape index (κ3) is 4.08. The van der Waals surface area contributed by atoms with E-state index >= 15 is 0 Å². The maximum atomic E-state index is 12.2. The predicted molar refractivity (Wildman–Crippen MR) is 104 cm³/mol. The van der Waals surface area contributed by atoms with E-state index in [-0.39, 0.29) is 12.0 Å². The number of benzene rings is 2. The molecule has 3 rings (SSSR count). The summed E-state index contributed by atoms with van der Waals surface area (Å²) in [6, 6.07) is 15.4. The minimum absolute atomic E-state index is 0.0696. The Bertz CT molecular complexity index is 757. The van der Waals surface area contributed by atoms with Crippen LogP contribution in [0.15, 0.2) is 48.5 Å². The number of nitrogens with zero attached hydrogens (tertiary/aromatic N) is 1. The molecule has 1 aliphatic heterocycles. The number of aliphatic carboxylic acids is 1. The van der Waals surface area contributed by atoms with Crippen molar-refractivity contribution in [3.8, 4) is 11.5 Å². The quantitative estimate of drug-likeness (QED) is 0.801. The first-order chi connectivity index (χ1) is 13.0. The minimum Gasteiger partial charge on any atom is -0.497 e. The molecule has 3 unspecified atom stereocenters. The van der Waals surface area contributed by atoms with Crippen LogP contribution in [0.4, 0.5) is 0 Å². The lowest BCUT2D eigenvalue weighted by molar-refractivity contribution is -0.143. The molecule has 27 heavy (non-hydrogen) atoms. The van der Waals surface area contributed by atoms with Crippen LogP contribution in [0.1, 0.15) is 36.4 Å². The van der Waals surface area contributed by atoms with E-state index in [1.165, 1.54) is 0 Å². The zero-order valence-corrected chi connectivity index (χ0v) is 16.1. The first-order valence-electron chi connectivity index (χ1n) is 9.35. The highest BCUT2D eigenvalue weighted by Crippen LogP contribution is 2.45. The second-order valence-electron chi connectivity index (χ2n) is 7.05. The fourth-order valence-electron chi connectivity index (χ4n) is 3.95. The molecule has 0 aromatic heterocycles. The fraction of sp³-hybridized carbons (Fsp3) is 0.409. The Morgan fingerprint density at radius 2 is 1.67 bits per heavy atom. The van der Waals surface area contributed by atoms with Gasteiger partial charge in [0.05, 0.1) is 19.6 Å². The zero-order chi connectivity index (χ0) is 19.4. The van der Waals surface area contributed by atoms with E-state index in [0.29, 0.717) is 13.2 Å². The van der Waals surface area contributed by atoms with Crippen molar-refractivity contribution in [3.63, 3.8) is 0 Å². The number of likely N-dealkylation sites (tertiary alicyclic amines) is 1. The van der Waals surface area contributed by atoms with E-state index in [9.17, 15) is 9.90 Å². The first-order valence-corrected chi connectivity index (χ1v) is 9.35. The maximum absolute atomic E-state index is 12.2. The van der Waals surface area contributed by atoms with Crippen LogP contribution in [0, 0.1) is 5.92 Å². The van der Waals surface area contributed by atoms with Crippen LogP contribution in [0.3, 0.4) is 0 Å². The summed E-state index contributed by atoms with van der Waals surface area (Å²) in [6.07, 6.45) is 0.958. The second-order valence-corrected chi connectivity index (χ2v) is 7.05. The molecule has 1 heterocycles. The summed E-state index contributed by atoms with van der Waals surface area (Å²) in [7, 11) is 3.62. The van der Waals surface area contributed by atoms with Gasteiger partial charge >= 0.3 is 5.97 Å². The maximum Gasteiger partial charge on any atom is 0.309 e. The van der Waals surface area contributed by atoms with Crippen LogP contribution >= 0.6 is 0 Å². The lowest BCUT2D eigenvalue weighted by atomic mass is 9.83. The molecular formula is C22H27NO4. The molecule has 0 amide bonds. The van der Waals surface area contributed by atoms with Gasteiger partial charge in [-0.25, -0.2) is 0 Å². The average Bonchev–Trinajstić information content (AvgIpc) is 3.04. The number of hydrogen-bond acceptors (Lipinski definition) is 4. The van der Waals surface area contributed by atoms with Gasteiger partial charge in [0.2, 0.25) is 0 Å². The monoisotopic (exact) mass is 369 g/mol. The van der Waals surface area contributed by atoms with Gasteiger partial charge in [0.1, 0.15) is 11.5 Å². The van der Waals surface area contributed by atoms with Gasteiger partial charge in [-0.1, -0.05) is 31.2 Å². The van der Waals surface area contributed by atoms with E-state index in [2.05, 4.69) is 11.8 Å². The third-order valence-electron chi connectivity index (χ3n) is 5.26. The average molecular weight is 369 g/mol. The van der Waals surface area contributed by atoms with Gasteiger partial charge in [0.25, 0.3) is 0 Å². The summed E-state index contributed by atoms with van der Waals surface area (Å²) < 4.78 is 10.9. The smallest absolute Gasteiger partial charge is 0.309 e. The third-order valence-corrected chi connectivity index (χ3v) is 5.26. The topological polar surface area (TPSA) is 59.0 Å². The van der Waals surface area contributed by atoms with Gasteiger partial charge in [-0.15, -0.1) is 0 Å². The van der Waals surface area contributed by atoms with Crippen molar-refractivity contribution in [1.29, 1.82) is 0 Å². The largest absolute Gasteiger partial charge is 0.497 e. The first kappa shape index (κ1) is 19.2.